The summed E-state index contributed by atoms with van der Waals surface area (Å²) in [6.45, 7) is 0.192. The van der Waals surface area contributed by atoms with Gasteiger partial charge in [0.25, 0.3) is 5.91 Å². The van der Waals surface area contributed by atoms with Gasteiger partial charge in [0.05, 0.1) is 23.9 Å². The number of aliphatic hydroxyl groups is 1. The van der Waals surface area contributed by atoms with E-state index in [1.165, 1.54) is 6.20 Å². The maximum Gasteiger partial charge on any atom is 0.253 e. The molecule has 0 spiro atoms. The molecule has 15 heavy (non-hydrogen) atoms. The molecule has 78 valence electrons. The van der Waals surface area contributed by atoms with Crippen LogP contribution in [0.25, 0.3) is 5.52 Å². The van der Waals surface area contributed by atoms with Gasteiger partial charge in [-0.15, -0.1) is 0 Å². The molecule has 5 nitrogen and oxygen atoms in total. The molecule has 0 atom stereocenters. The normalized spacial score (nSPS) is 10.5. The minimum absolute atomic E-state index is 0.0630. The van der Waals surface area contributed by atoms with E-state index in [1.54, 1.807) is 10.6 Å². The van der Waals surface area contributed by atoms with Gasteiger partial charge >= 0.3 is 0 Å². The van der Waals surface area contributed by atoms with Gasteiger partial charge in [0.15, 0.2) is 0 Å². The molecule has 0 aliphatic heterocycles. The fraction of sp³-hybridized carbons (Fsp3) is 0.200. The first-order valence-corrected chi connectivity index (χ1v) is 4.64. The van der Waals surface area contributed by atoms with Crippen molar-refractivity contribution in [3.8, 4) is 0 Å². The largest absolute Gasteiger partial charge is 0.395 e. The summed E-state index contributed by atoms with van der Waals surface area (Å²) in [5.74, 6) is -0.222. The van der Waals surface area contributed by atoms with E-state index in [0.717, 1.165) is 5.52 Å². The van der Waals surface area contributed by atoms with E-state index >= 15 is 0 Å². The van der Waals surface area contributed by atoms with Crippen LogP contribution in [0.5, 0.6) is 0 Å². The van der Waals surface area contributed by atoms with Crippen LogP contribution in [0, 0.1) is 0 Å². The highest BCUT2D eigenvalue weighted by atomic mass is 16.3. The molecule has 5 heteroatoms. The monoisotopic (exact) mass is 205 g/mol. The summed E-state index contributed by atoms with van der Waals surface area (Å²) in [5, 5.41) is 15.2. The fourth-order valence-corrected chi connectivity index (χ4v) is 1.32. The highest BCUT2D eigenvalue weighted by Crippen LogP contribution is 2.05. The molecule has 0 aliphatic rings. The van der Waals surface area contributed by atoms with Crippen molar-refractivity contribution in [2.45, 2.75) is 0 Å². The number of hydrogen-bond acceptors (Lipinski definition) is 3. The quantitative estimate of drug-likeness (QED) is 0.744. The summed E-state index contributed by atoms with van der Waals surface area (Å²) in [5.41, 5.74) is 1.36. The van der Waals surface area contributed by atoms with Crippen molar-refractivity contribution in [1.82, 2.24) is 14.9 Å². The van der Waals surface area contributed by atoms with Crippen LogP contribution in [0.1, 0.15) is 10.4 Å². The summed E-state index contributed by atoms with van der Waals surface area (Å²) in [6.07, 6.45) is 3.31. The van der Waals surface area contributed by atoms with Crippen LogP contribution < -0.4 is 5.32 Å². The van der Waals surface area contributed by atoms with Crippen LogP contribution in [0.15, 0.2) is 30.6 Å². The zero-order valence-corrected chi connectivity index (χ0v) is 8.05. The topological polar surface area (TPSA) is 66.6 Å². The first-order chi connectivity index (χ1) is 7.31. The van der Waals surface area contributed by atoms with Crippen LogP contribution in [0.2, 0.25) is 0 Å². The lowest BCUT2D eigenvalue weighted by Gasteiger charge is -2.02. The Bertz CT molecular complexity index is 478. The molecular formula is C10H11N3O2. The predicted octanol–water partition coefficient (Wildman–Crippen LogP) is 0.0564. The second-order valence-electron chi connectivity index (χ2n) is 3.10. The van der Waals surface area contributed by atoms with Crippen molar-refractivity contribution in [3.63, 3.8) is 0 Å². The number of nitrogens with one attached hydrogen (secondary N) is 1. The molecule has 2 aromatic rings. The molecule has 0 bridgehead atoms. The average molecular weight is 205 g/mol. The summed E-state index contributed by atoms with van der Waals surface area (Å²) in [7, 11) is 0. The summed E-state index contributed by atoms with van der Waals surface area (Å²) in [4.78, 5) is 11.5. The molecular weight excluding hydrogens is 194 g/mol. The third-order valence-electron chi connectivity index (χ3n) is 2.04. The number of amides is 1. The smallest absolute Gasteiger partial charge is 0.253 e. The van der Waals surface area contributed by atoms with Crippen molar-refractivity contribution in [1.29, 1.82) is 0 Å². The Morgan fingerprint density at radius 3 is 3.27 bits per heavy atom. The number of hydrogen-bond donors (Lipinski definition) is 2. The Morgan fingerprint density at radius 2 is 2.47 bits per heavy atom. The Balaban J connectivity index is 2.23. The molecule has 2 N–H and O–H groups in total. The van der Waals surface area contributed by atoms with Crippen LogP contribution in [-0.4, -0.2) is 33.8 Å². The number of fused-ring (bicyclic) bond motifs is 1. The number of carbonyl (C=O) groups excluding carboxylic acids is 1. The molecule has 0 aromatic carbocycles. The standard InChI is InChI=1S/C10H11N3O2/c14-5-3-11-10(15)8-6-9-2-1-4-13(9)12-7-8/h1-2,4,6-7,14H,3,5H2,(H,11,15). The van der Waals surface area contributed by atoms with Gasteiger partial charge in [-0.3, -0.25) is 4.79 Å². The fourth-order valence-electron chi connectivity index (χ4n) is 1.32. The number of nitrogens with zero attached hydrogens (tertiary/aromatic N) is 2. The lowest BCUT2D eigenvalue weighted by Crippen LogP contribution is -2.26. The SMILES string of the molecule is O=C(NCCO)c1cnn2cccc2c1. The molecule has 2 aromatic heterocycles. The molecule has 0 saturated carbocycles. The molecule has 2 rings (SSSR count). The second kappa shape index (κ2) is 4.10. The van der Waals surface area contributed by atoms with Crippen LogP contribution in [0.4, 0.5) is 0 Å². The van der Waals surface area contributed by atoms with E-state index in [-0.39, 0.29) is 19.1 Å². The maximum atomic E-state index is 11.5. The first-order valence-electron chi connectivity index (χ1n) is 4.64. The molecule has 0 radical (unpaired) electrons. The molecule has 0 saturated heterocycles. The first kappa shape index (κ1) is 9.67. The van der Waals surface area contributed by atoms with Crippen molar-refractivity contribution < 1.29 is 9.90 Å². The maximum absolute atomic E-state index is 11.5. The Labute approximate surface area is 86.3 Å². The van der Waals surface area contributed by atoms with Gasteiger partial charge in [0, 0.05) is 12.7 Å². The van der Waals surface area contributed by atoms with Gasteiger partial charge in [-0.2, -0.15) is 5.10 Å². The Morgan fingerprint density at radius 1 is 1.60 bits per heavy atom. The summed E-state index contributed by atoms with van der Waals surface area (Å²) in [6, 6.07) is 5.48. The highest BCUT2D eigenvalue weighted by molar-refractivity contribution is 5.94. The zero-order chi connectivity index (χ0) is 10.7. The molecule has 0 unspecified atom stereocenters. The van der Waals surface area contributed by atoms with E-state index in [9.17, 15) is 4.79 Å². The predicted molar refractivity (Wildman–Crippen MR) is 54.6 cm³/mol. The van der Waals surface area contributed by atoms with Crippen LogP contribution in [0.3, 0.4) is 0 Å². The van der Waals surface area contributed by atoms with Gasteiger partial charge < -0.3 is 10.4 Å². The van der Waals surface area contributed by atoms with E-state index in [4.69, 9.17) is 5.11 Å². The van der Waals surface area contributed by atoms with Crippen molar-refractivity contribution in [3.05, 3.63) is 36.2 Å². The molecule has 0 fully saturated rings. The molecule has 2 heterocycles. The average Bonchev–Trinajstić information content (AvgIpc) is 2.72. The van der Waals surface area contributed by atoms with Crippen molar-refractivity contribution in [2.24, 2.45) is 0 Å². The Hall–Kier alpha value is -1.88. The third-order valence-corrected chi connectivity index (χ3v) is 2.04. The van der Waals surface area contributed by atoms with Crippen molar-refractivity contribution >= 4 is 11.4 Å². The van der Waals surface area contributed by atoms with E-state index in [0.29, 0.717) is 5.56 Å². The minimum atomic E-state index is -0.222. The van der Waals surface area contributed by atoms with Crippen molar-refractivity contribution in [2.75, 3.05) is 13.2 Å². The summed E-state index contributed by atoms with van der Waals surface area (Å²) < 4.78 is 1.68. The van der Waals surface area contributed by atoms with Crippen LogP contribution >= 0.6 is 0 Å². The molecule has 0 aliphatic carbocycles. The zero-order valence-electron chi connectivity index (χ0n) is 8.05. The van der Waals surface area contributed by atoms with Gasteiger partial charge in [-0.25, -0.2) is 4.52 Å². The second-order valence-corrected chi connectivity index (χ2v) is 3.10. The minimum Gasteiger partial charge on any atom is -0.395 e. The van der Waals surface area contributed by atoms with Gasteiger partial charge in [-0.1, -0.05) is 0 Å². The van der Waals surface area contributed by atoms with Gasteiger partial charge in [0.2, 0.25) is 0 Å². The highest BCUT2D eigenvalue weighted by Gasteiger charge is 2.05. The summed E-state index contributed by atoms with van der Waals surface area (Å²) >= 11 is 0. The Kier molecular flexibility index (Phi) is 2.64. The van der Waals surface area contributed by atoms with Gasteiger partial charge in [0.1, 0.15) is 0 Å². The number of rotatable bonds is 3. The molecule has 1 amide bonds. The number of aromatic nitrogens is 2. The van der Waals surface area contributed by atoms with Crippen LogP contribution in [-0.2, 0) is 0 Å². The van der Waals surface area contributed by atoms with E-state index < -0.39 is 0 Å². The van der Waals surface area contributed by atoms with E-state index in [1.807, 2.05) is 18.3 Å². The third kappa shape index (κ3) is 1.97. The van der Waals surface area contributed by atoms with E-state index in [2.05, 4.69) is 10.4 Å². The number of aliphatic hydroxyl groups excluding tert-OH is 1. The lowest BCUT2D eigenvalue weighted by molar-refractivity contribution is 0.0944. The number of carbonyl (C=O) groups is 1. The lowest BCUT2D eigenvalue weighted by atomic mass is 10.2. The van der Waals surface area contributed by atoms with Gasteiger partial charge in [-0.05, 0) is 18.2 Å².